The number of nitrogens with zero attached hydrogens (tertiary/aromatic N) is 1. The molecule has 0 saturated heterocycles. The molecule has 1 aliphatic rings. The van der Waals surface area contributed by atoms with E-state index in [-0.39, 0.29) is 34.8 Å². The van der Waals surface area contributed by atoms with Gasteiger partial charge in [0.15, 0.2) is 0 Å². The van der Waals surface area contributed by atoms with Crippen molar-refractivity contribution in [2.45, 2.75) is 32.6 Å². The number of nitrogens with two attached hydrogens (primary N) is 1. The second-order valence-corrected chi connectivity index (χ2v) is 10.00. The van der Waals surface area contributed by atoms with E-state index in [1.165, 1.54) is 11.7 Å². The van der Waals surface area contributed by atoms with Crippen LogP contribution in [0.3, 0.4) is 0 Å². The average Bonchev–Trinajstić information content (AvgIpc) is 3.28. The van der Waals surface area contributed by atoms with Crippen molar-refractivity contribution in [3.63, 3.8) is 0 Å². The molecule has 4 rings (SSSR count). The zero-order chi connectivity index (χ0) is 28.8. The van der Waals surface area contributed by atoms with Crippen LogP contribution in [0.2, 0.25) is 0 Å². The number of carbonyl (C=O) groups excluding carboxylic acids is 2. The number of fused-ring (bicyclic) bond motifs is 1. The third-order valence-corrected chi connectivity index (χ3v) is 7.52. The highest BCUT2D eigenvalue weighted by molar-refractivity contribution is 7.07. The Morgan fingerprint density at radius 3 is 2.33 bits per heavy atom. The van der Waals surface area contributed by atoms with E-state index in [0.29, 0.717) is 28.0 Å². The Balaban J connectivity index is 2.06. The molecule has 0 spiro atoms. The molecule has 2 aromatic carbocycles. The summed E-state index contributed by atoms with van der Waals surface area (Å²) in [6.45, 7) is 3.94. The van der Waals surface area contributed by atoms with Gasteiger partial charge in [0.25, 0.3) is 5.56 Å². The molecule has 1 atom stereocenters. The highest BCUT2D eigenvalue weighted by Gasteiger charge is 2.40. The van der Waals surface area contributed by atoms with Gasteiger partial charge >= 0.3 is 11.9 Å². The molecule has 9 nitrogen and oxygen atoms in total. The Kier molecular flexibility index (Phi) is 9.11. The smallest absolute Gasteiger partial charge is 0.338 e. The number of hydrogen-bond acceptors (Lipinski definition) is 9. The Morgan fingerprint density at radius 2 is 1.65 bits per heavy atom. The number of methoxy groups -OCH3 is 2. The monoisotopic (exact) mass is 564 g/mol. The predicted octanol–water partition coefficient (Wildman–Crippen LogP) is 2.74. The number of rotatable bonds is 10. The van der Waals surface area contributed by atoms with E-state index >= 15 is 0 Å². The summed E-state index contributed by atoms with van der Waals surface area (Å²) in [6, 6.07) is 14.2. The van der Waals surface area contributed by atoms with E-state index in [4.69, 9.17) is 24.7 Å². The second-order valence-electron chi connectivity index (χ2n) is 8.97. The fourth-order valence-corrected chi connectivity index (χ4v) is 5.64. The molecule has 0 fully saturated rings. The Labute approximate surface area is 235 Å². The molecule has 1 aromatic heterocycles. The van der Waals surface area contributed by atoms with Crippen molar-refractivity contribution in [2.75, 3.05) is 27.4 Å². The first-order valence-electron chi connectivity index (χ1n) is 12.9. The van der Waals surface area contributed by atoms with Crippen molar-refractivity contribution >= 4 is 40.7 Å². The number of unbranched alkanes of at least 4 members (excludes halogenated alkanes) is 1. The van der Waals surface area contributed by atoms with E-state index in [1.807, 2.05) is 19.1 Å². The fraction of sp³-hybridized carbons (Fsp3) is 0.300. The van der Waals surface area contributed by atoms with Crippen molar-refractivity contribution in [3.8, 4) is 11.5 Å². The molecule has 2 heterocycles. The van der Waals surface area contributed by atoms with Gasteiger partial charge in [-0.3, -0.25) is 9.36 Å². The highest BCUT2D eigenvalue weighted by Crippen LogP contribution is 2.38. The largest absolute Gasteiger partial charge is 0.497 e. The van der Waals surface area contributed by atoms with Crippen LogP contribution < -0.4 is 30.0 Å². The molecule has 210 valence electrons. The number of thiazole rings is 1. The molecule has 0 aliphatic carbocycles. The zero-order valence-corrected chi connectivity index (χ0v) is 23.7. The molecule has 0 radical (unpaired) electrons. The molecule has 2 N–H and O–H groups in total. The van der Waals surface area contributed by atoms with E-state index in [2.05, 4.69) is 0 Å². The molecule has 0 amide bonds. The Bertz CT molecular complexity index is 1630. The maximum atomic E-state index is 13.7. The number of hydrogen-bond donors (Lipinski definition) is 1. The summed E-state index contributed by atoms with van der Waals surface area (Å²) in [6.07, 6.45) is 3.16. The average molecular weight is 565 g/mol. The van der Waals surface area contributed by atoms with Crippen molar-refractivity contribution in [1.82, 2.24) is 4.57 Å². The van der Waals surface area contributed by atoms with Crippen molar-refractivity contribution in [3.05, 3.63) is 84.8 Å². The molecular weight excluding hydrogens is 532 g/mol. The molecule has 3 aromatic rings. The van der Waals surface area contributed by atoms with Gasteiger partial charge in [0.1, 0.15) is 22.0 Å². The number of benzene rings is 2. The van der Waals surface area contributed by atoms with Crippen LogP contribution in [0.1, 0.15) is 43.7 Å². The van der Waals surface area contributed by atoms with Gasteiger partial charge in [0.05, 0.1) is 49.0 Å². The van der Waals surface area contributed by atoms with Crippen LogP contribution in [-0.4, -0.2) is 43.9 Å². The lowest BCUT2D eigenvalue weighted by Gasteiger charge is -2.27. The quantitative estimate of drug-likeness (QED) is 0.295. The maximum absolute atomic E-state index is 13.7. The van der Waals surface area contributed by atoms with Crippen molar-refractivity contribution < 1.29 is 28.5 Å². The van der Waals surface area contributed by atoms with E-state index < -0.39 is 23.4 Å². The van der Waals surface area contributed by atoms with Gasteiger partial charge in [0, 0.05) is 0 Å². The second kappa shape index (κ2) is 12.7. The molecule has 0 bridgehead atoms. The van der Waals surface area contributed by atoms with Gasteiger partial charge in [-0.05, 0) is 54.8 Å². The van der Waals surface area contributed by atoms with Crippen LogP contribution in [0.4, 0.5) is 0 Å². The molecule has 10 heteroatoms. The minimum Gasteiger partial charge on any atom is -0.497 e. The summed E-state index contributed by atoms with van der Waals surface area (Å²) in [7, 11) is 3.08. The predicted molar refractivity (Wildman–Crippen MR) is 153 cm³/mol. The van der Waals surface area contributed by atoms with Crippen LogP contribution in [0.25, 0.3) is 17.5 Å². The Morgan fingerprint density at radius 1 is 0.975 bits per heavy atom. The summed E-state index contributed by atoms with van der Waals surface area (Å²) in [4.78, 5) is 40.8. The first-order valence-corrected chi connectivity index (χ1v) is 13.8. The summed E-state index contributed by atoms with van der Waals surface area (Å²) in [5.74, 6) is -1.26. The SMILES string of the molecule is CCCCOC(=O)C1=C(N)n2c(s/c(=C\c3cccc(OC)c3)c2=O)=C(C(=O)OCC)[C@H]1c1cccc(OC)c1. The number of carbonyl (C=O) groups is 2. The number of aromatic nitrogens is 1. The van der Waals surface area contributed by atoms with Gasteiger partial charge < -0.3 is 24.7 Å². The summed E-state index contributed by atoms with van der Waals surface area (Å²) in [5.41, 5.74) is 7.54. The van der Waals surface area contributed by atoms with Crippen molar-refractivity contribution in [2.24, 2.45) is 5.73 Å². The first-order chi connectivity index (χ1) is 19.3. The topological polar surface area (TPSA) is 119 Å². The third-order valence-electron chi connectivity index (χ3n) is 6.41. The van der Waals surface area contributed by atoms with E-state index in [1.54, 1.807) is 56.5 Å². The number of esters is 2. The lowest BCUT2D eigenvalue weighted by atomic mass is 9.83. The standard InChI is InChI=1S/C30H32N2O7S/c1-5-7-14-39-29(34)24-23(19-11-9-13-21(17-19)37-4)25(30(35)38-6-2)28-32(26(24)31)27(33)22(40-28)16-18-10-8-12-20(15-18)36-3/h8-13,15-17,23H,5-7,14,31H2,1-4H3/b22-16-/t23-/m0/s1. The minimum atomic E-state index is -0.953. The molecule has 40 heavy (non-hydrogen) atoms. The molecule has 0 saturated carbocycles. The van der Waals surface area contributed by atoms with Gasteiger partial charge in [-0.25, -0.2) is 9.59 Å². The van der Waals surface area contributed by atoms with Gasteiger partial charge in [-0.1, -0.05) is 37.6 Å². The van der Waals surface area contributed by atoms with Gasteiger partial charge in [-0.2, -0.15) is 0 Å². The summed E-state index contributed by atoms with van der Waals surface area (Å²) >= 11 is 1.10. The highest BCUT2D eigenvalue weighted by atomic mass is 32.1. The van der Waals surface area contributed by atoms with Crippen LogP contribution in [0.5, 0.6) is 11.5 Å². The lowest BCUT2D eigenvalue weighted by molar-refractivity contribution is -0.139. The molecule has 0 unspecified atom stereocenters. The van der Waals surface area contributed by atoms with Crippen LogP contribution >= 0.6 is 11.3 Å². The summed E-state index contributed by atoms with van der Waals surface area (Å²) in [5, 5.41) is 0. The summed E-state index contributed by atoms with van der Waals surface area (Å²) < 4.78 is 23.5. The number of ether oxygens (including phenoxy) is 4. The Hall–Kier alpha value is -4.31. The molecular formula is C30H32N2O7S. The van der Waals surface area contributed by atoms with Crippen LogP contribution in [0.15, 0.2) is 58.9 Å². The first kappa shape index (κ1) is 28.7. The van der Waals surface area contributed by atoms with Crippen LogP contribution in [0, 0.1) is 0 Å². The third kappa shape index (κ3) is 5.67. The zero-order valence-electron chi connectivity index (χ0n) is 22.9. The normalized spacial score (nSPS) is 15.1. The van der Waals surface area contributed by atoms with Gasteiger partial charge in [-0.15, -0.1) is 11.3 Å². The van der Waals surface area contributed by atoms with E-state index in [9.17, 15) is 14.4 Å². The maximum Gasteiger partial charge on any atom is 0.338 e. The van der Waals surface area contributed by atoms with Gasteiger partial charge in [0.2, 0.25) is 0 Å². The lowest BCUT2D eigenvalue weighted by Crippen LogP contribution is -2.42. The van der Waals surface area contributed by atoms with Crippen LogP contribution in [-0.2, 0) is 19.1 Å². The molecule has 1 aliphatic heterocycles. The fourth-order valence-electron chi connectivity index (χ4n) is 4.48. The van der Waals surface area contributed by atoms with Crippen molar-refractivity contribution in [1.29, 1.82) is 0 Å². The minimum absolute atomic E-state index is 0.00672. The van der Waals surface area contributed by atoms with E-state index in [0.717, 1.165) is 23.3 Å².